The summed E-state index contributed by atoms with van der Waals surface area (Å²) in [6.45, 7) is 2.21. The van der Waals surface area contributed by atoms with E-state index < -0.39 is 0 Å². The van der Waals surface area contributed by atoms with Crippen LogP contribution in [0, 0.1) is 5.92 Å². The van der Waals surface area contributed by atoms with Crippen molar-refractivity contribution in [2.24, 2.45) is 5.92 Å². The zero-order valence-electron chi connectivity index (χ0n) is 8.20. The first-order chi connectivity index (χ1) is 7.08. The summed E-state index contributed by atoms with van der Waals surface area (Å²) in [6.07, 6.45) is 0.353. The molecule has 1 aliphatic rings. The average Bonchev–Trinajstić information content (AvgIpc) is 2.67. The first-order valence-corrected chi connectivity index (χ1v) is 6.27. The predicted octanol–water partition coefficient (Wildman–Crippen LogP) is 2.41. The van der Waals surface area contributed by atoms with E-state index in [0.717, 1.165) is 8.66 Å². The Morgan fingerprint density at radius 2 is 2.27 bits per heavy atom. The van der Waals surface area contributed by atoms with Crippen LogP contribution in [0.1, 0.15) is 18.2 Å². The third kappa shape index (κ3) is 2.13. The molecule has 1 aromatic rings. The lowest BCUT2D eigenvalue weighted by Gasteiger charge is -2.12. The van der Waals surface area contributed by atoms with E-state index in [1.807, 2.05) is 12.1 Å². The number of thiophene rings is 1. The number of carbonyl (C=O) groups is 2. The minimum Gasteiger partial charge on any atom is -0.277 e. The Labute approximate surface area is 100 Å². The first-order valence-electron chi connectivity index (χ1n) is 4.66. The fourth-order valence-corrected chi connectivity index (χ4v) is 3.08. The number of nitrogens with zero attached hydrogens (tertiary/aromatic N) is 1. The fraction of sp³-hybridized carbons (Fsp3) is 0.400. The molecule has 1 aliphatic heterocycles. The van der Waals surface area contributed by atoms with Crippen LogP contribution in [0.15, 0.2) is 15.9 Å². The van der Waals surface area contributed by atoms with Crippen molar-refractivity contribution >= 4 is 39.1 Å². The Balaban J connectivity index is 2.12. The number of rotatable bonds is 2. The largest absolute Gasteiger partial charge is 0.277 e. The maximum atomic E-state index is 11.6. The number of carbonyl (C=O) groups excluding carboxylic acids is 2. The quantitative estimate of drug-likeness (QED) is 0.784. The van der Waals surface area contributed by atoms with Gasteiger partial charge in [0.05, 0.1) is 10.3 Å². The molecule has 1 atom stereocenters. The van der Waals surface area contributed by atoms with E-state index in [2.05, 4.69) is 15.9 Å². The molecule has 2 heterocycles. The summed E-state index contributed by atoms with van der Waals surface area (Å²) < 4.78 is 1.02. The van der Waals surface area contributed by atoms with Crippen molar-refractivity contribution in [1.29, 1.82) is 0 Å². The number of halogens is 1. The molecule has 3 nitrogen and oxygen atoms in total. The highest BCUT2D eigenvalue weighted by molar-refractivity contribution is 9.11. The maximum absolute atomic E-state index is 11.6. The van der Waals surface area contributed by atoms with Gasteiger partial charge in [0.2, 0.25) is 11.8 Å². The van der Waals surface area contributed by atoms with Crippen molar-refractivity contribution in [3.63, 3.8) is 0 Å². The van der Waals surface area contributed by atoms with E-state index in [4.69, 9.17) is 0 Å². The van der Waals surface area contributed by atoms with E-state index >= 15 is 0 Å². The van der Waals surface area contributed by atoms with E-state index in [0.29, 0.717) is 13.0 Å². The Kier molecular flexibility index (Phi) is 2.93. The van der Waals surface area contributed by atoms with Gasteiger partial charge in [-0.05, 0) is 28.1 Å². The summed E-state index contributed by atoms with van der Waals surface area (Å²) >= 11 is 4.90. The third-order valence-corrected chi connectivity index (χ3v) is 4.02. The Morgan fingerprint density at radius 1 is 1.53 bits per heavy atom. The third-order valence-electron chi connectivity index (χ3n) is 2.41. The highest BCUT2D eigenvalue weighted by Crippen LogP contribution is 2.26. The van der Waals surface area contributed by atoms with Crippen LogP contribution in [0.3, 0.4) is 0 Å². The summed E-state index contributed by atoms with van der Waals surface area (Å²) in [6, 6.07) is 3.85. The second-order valence-corrected chi connectivity index (χ2v) is 6.18. The smallest absolute Gasteiger partial charge is 0.232 e. The normalized spacial score (nSPS) is 21.5. The van der Waals surface area contributed by atoms with Crippen LogP contribution in [-0.4, -0.2) is 16.7 Å². The lowest BCUT2D eigenvalue weighted by Crippen LogP contribution is -2.29. The van der Waals surface area contributed by atoms with Crippen LogP contribution in [0.5, 0.6) is 0 Å². The molecule has 1 unspecified atom stereocenters. The number of hydrogen-bond donors (Lipinski definition) is 0. The van der Waals surface area contributed by atoms with Gasteiger partial charge < -0.3 is 0 Å². The number of likely N-dealkylation sites (tertiary alicyclic amines) is 1. The Morgan fingerprint density at radius 3 is 2.73 bits per heavy atom. The molecular formula is C10H10BrNO2S. The van der Waals surface area contributed by atoms with Gasteiger partial charge in [0.15, 0.2) is 0 Å². The standard InChI is InChI=1S/C10H10BrNO2S/c1-6-4-9(13)12(10(6)14)5-7-2-3-8(11)15-7/h2-3,6H,4-5H2,1H3. The van der Waals surface area contributed by atoms with Gasteiger partial charge in [0, 0.05) is 17.2 Å². The van der Waals surface area contributed by atoms with E-state index in [1.165, 1.54) is 4.90 Å². The number of hydrogen-bond acceptors (Lipinski definition) is 3. The van der Waals surface area contributed by atoms with Gasteiger partial charge in [-0.25, -0.2) is 0 Å². The predicted molar refractivity (Wildman–Crippen MR) is 61.4 cm³/mol. The minimum absolute atomic E-state index is 0.0514. The lowest BCUT2D eigenvalue weighted by atomic mass is 10.1. The summed E-state index contributed by atoms with van der Waals surface area (Å²) in [5.74, 6) is -0.262. The van der Waals surface area contributed by atoms with Crippen LogP contribution in [-0.2, 0) is 16.1 Å². The molecule has 0 aliphatic carbocycles. The minimum atomic E-state index is -0.152. The first kappa shape index (κ1) is 10.8. The molecule has 0 bridgehead atoms. The van der Waals surface area contributed by atoms with Gasteiger partial charge in [0.25, 0.3) is 0 Å². The molecular weight excluding hydrogens is 278 g/mol. The zero-order valence-corrected chi connectivity index (χ0v) is 10.6. The molecule has 0 spiro atoms. The van der Waals surface area contributed by atoms with Gasteiger partial charge in [-0.2, -0.15) is 0 Å². The molecule has 80 valence electrons. The SMILES string of the molecule is CC1CC(=O)N(Cc2ccc(Br)s2)C1=O. The zero-order chi connectivity index (χ0) is 11.0. The van der Waals surface area contributed by atoms with Crippen LogP contribution in [0.4, 0.5) is 0 Å². The molecule has 0 aromatic carbocycles. The van der Waals surface area contributed by atoms with Crippen LogP contribution in [0.2, 0.25) is 0 Å². The van der Waals surface area contributed by atoms with Crippen molar-refractivity contribution in [3.8, 4) is 0 Å². The van der Waals surface area contributed by atoms with Crippen LogP contribution >= 0.6 is 27.3 Å². The molecule has 2 amide bonds. The summed E-state index contributed by atoms with van der Waals surface area (Å²) in [5, 5.41) is 0. The summed E-state index contributed by atoms with van der Waals surface area (Å²) in [4.78, 5) is 25.5. The van der Waals surface area contributed by atoms with Gasteiger partial charge in [-0.3, -0.25) is 14.5 Å². The Hall–Kier alpha value is -0.680. The van der Waals surface area contributed by atoms with Crippen LogP contribution < -0.4 is 0 Å². The molecule has 0 N–H and O–H groups in total. The maximum Gasteiger partial charge on any atom is 0.232 e. The van der Waals surface area contributed by atoms with Crippen molar-refractivity contribution in [2.45, 2.75) is 19.9 Å². The van der Waals surface area contributed by atoms with Crippen molar-refractivity contribution in [2.75, 3.05) is 0 Å². The average molecular weight is 288 g/mol. The lowest BCUT2D eigenvalue weighted by molar-refractivity contribution is -0.139. The van der Waals surface area contributed by atoms with E-state index in [9.17, 15) is 9.59 Å². The monoisotopic (exact) mass is 287 g/mol. The van der Waals surface area contributed by atoms with Gasteiger partial charge >= 0.3 is 0 Å². The molecule has 1 fully saturated rings. The highest BCUT2D eigenvalue weighted by atomic mass is 79.9. The number of amides is 2. The number of imide groups is 1. The summed E-state index contributed by atoms with van der Waals surface area (Å²) in [7, 11) is 0. The molecule has 15 heavy (non-hydrogen) atoms. The molecule has 2 rings (SSSR count). The van der Waals surface area contributed by atoms with Crippen molar-refractivity contribution < 1.29 is 9.59 Å². The molecule has 1 aromatic heterocycles. The molecule has 0 radical (unpaired) electrons. The van der Waals surface area contributed by atoms with Crippen molar-refractivity contribution in [1.82, 2.24) is 4.90 Å². The topological polar surface area (TPSA) is 37.4 Å². The second kappa shape index (κ2) is 4.06. The molecule has 1 saturated heterocycles. The van der Waals surface area contributed by atoms with E-state index in [-0.39, 0.29) is 17.7 Å². The Bertz CT molecular complexity index is 415. The second-order valence-electron chi connectivity index (χ2n) is 3.63. The molecule has 0 saturated carbocycles. The van der Waals surface area contributed by atoms with Gasteiger partial charge in [0.1, 0.15) is 0 Å². The fourth-order valence-electron chi connectivity index (χ4n) is 1.61. The van der Waals surface area contributed by atoms with Crippen molar-refractivity contribution in [3.05, 3.63) is 20.8 Å². The van der Waals surface area contributed by atoms with Gasteiger partial charge in [-0.15, -0.1) is 11.3 Å². The summed E-state index contributed by atoms with van der Waals surface area (Å²) in [5.41, 5.74) is 0. The van der Waals surface area contributed by atoms with Gasteiger partial charge in [-0.1, -0.05) is 6.92 Å². The van der Waals surface area contributed by atoms with E-state index in [1.54, 1.807) is 18.3 Å². The van der Waals surface area contributed by atoms with Crippen LogP contribution in [0.25, 0.3) is 0 Å². The highest BCUT2D eigenvalue weighted by Gasteiger charge is 2.35. The molecule has 5 heteroatoms.